The van der Waals surface area contributed by atoms with Crippen molar-refractivity contribution in [3.8, 4) is 0 Å². The number of halogens is 2. The summed E-state index contributed by atoms with van der Waals surface area (Å²) in [7, 11) is 1.51. The molecule has 1 saturated heterocycles. The molecule has 0 spiro atoms. The summed E-state index contributed by atoms with van der Waals surface area (Å²) in [4.78, 5) is 32.6. The molecule has 2 aromatic rings. The highest BCUT2D eigenvalue weighted by Crippen LogP contribution is 2.45. The molecule has 0 aromatic heterocycles. The third-order valence-corrected chi connectivity index (χ3v) is 5.92. The molecule has 2 aromatic carbocycles. The van der Waals surface area contributed by atoms with Gasteiger partial charge >= 0.3 is 0 Å². The topological polar surface area (TPSA) is 79.0 Å². The Balaban J connectivity index is 1.81. The second-order valence-electron chi connectivity index (χ2n) is 7.81. The number of nitrogens with two attached hydrogens (primary N) is 1. The van der Waals surface area contributed by atoms with E-state index in [1.807, 2.05) is 0 Å². The highest BCUT2D eigenvalue weighted by molar-refractivity contribution is 6.02. The minimum atomic E-state index is -1.36. The Labute approximate surface area is 173 Å². The molecule has 2 aliphatic rings. The molecule has 0 saturated carbocycles. The van der Waals surface area contributed by atoms with Gasteiger partial charge in [0.1, 0.15) is 17.2 Å². The number of aliphatic imine (C=N–C) groups is 1. The largest absolute Gasteiger partial charge is 0.369 e. The van der Waals surface area contributed by atoms with Crippen LogP contribution in [-0.4, -0.2) is 36.3 Å². The molecular weight excluding hydrogens is 390 g/mol. The molecule has 0 radical (unpaired) electrons. The average Bonchev–Trinajstić information content (AvgIpc) is 3.12. The van der Waals surface area contributed by atoms with E-state index in [0.29, 0.717) is 18.5 Å². The monoisotopic (exact) mass is 412 g/mol. The van der Waals surface area contributed by atoms with Crippen molar-refractivity contribution in [2.45, 2.75) is 31.2 Å². The third-order valence-electron chi connectivity index (χ3n) is 5.92. The fraction of sp³-hybridized carbons (Fsp3) is 0.318. The molecule has 156 valence electrons. The highest BCUT2D eigenvalue weighted by atomic mass is 19.1. The highest BCUT2D eigenvalue weighted by Gasteiger charge is 2.48. The molecule has 4 rings (SSSR count). The lowest BCUT2D eigenvalue weighted by molar-refractivity contribution is -0.130. The predicted octanol–water partition coefficient (Wildman–Crippen LogP) is 2.88. The molecule has 2 atom stereocenters. The zero-order valence-electron chi connectivity index (χ0n) is 16.7. The first-order valence-electron chi connectivity index (χ1n) is 9.71. The van der Waals surface area contributed by atoms with E-state index in [0.717, 1.165) is 24.2 Å². The van der Waals surface area contributed by atoms with Crippen LogP contribution in [0, 0.1) is 11.6 Å². The van der Waals surface area contributed by atoms with Crippen molar-refractivity contribution in [2.75, 3.05) is 18.5 Å². The van der Waals surface area contributed by atoms with Crippen LogP contribution < -0.4 is 10.6 Å². The summed E-state index contributed by atoms with van der Waals surface area (Å²) in [5.41, 5.74) is 6.00. The third kappa shape index (κ3) is 3.12. The standard InChI is InChI=1S/C22H22F2N4O2/c1-22(16-10-7-14(23)12-17(16)24)19(20(30)27(2)21(25)26-22)13-5-8-15(9-6-13)28-11-3-4-18(28)29/h5-10,12,19H,3-4,11H2,1-2H3,(H2,25,26)/t19-,22-/m1/s1. The predicted molar refractivity (Wildman–Crippen MR) is 109 cm³/mol. The zero-order chi connectivity index (χ0) is 21.6. The number of guanidine groups is 1. The van der Waals surface area contributed by atoms with Gasteiger partial charge in [0.15, 0.2) is 5.96 Å². The van der Waals surface area contributed by atoms with Gasteiger partial charge in [-0.25, -0.2) is 13.8 Å². The smallest absolute Gasteiger partial charge is 0.239 e. The molecule has 30 heavy (non-hydrogen) atoms. The van der Waals surface area contributed by atoms with Crippen LogP contribution in [-0.2, 0) is 15.1 Å². The van der Waals surface area contributed by atoms with Crippen molar-refractivity contribution in [1.29, 1.82) is 0 Å². The van der Waals surface area contributed by atoms with Gasteiger partial charge in [-0.1, -0.05) is 18.2 Å². The lowest BCUT2D eigenvalue weighted by Crippen LogP contribution is -2.52. The number of hydrogen-bond donors (Lipinski definition) is 1. The van der Waals surface area contributed by atoms with E-state index in [4.69, 9.17) is 5.73 Å². The first kappa shape index (κ1) is 20.0. The number of nitrogens with zero attached hydrogens (tertiary/aromatic N) is 3. The van der Waals surface area contributed by atoms with E-state index in [2.05, 4.69) is 4.99 Å². The Kier molecular flexibility index (Phi) is 4.80. The van der Waals surface area contributed by atoms with Crippen molar-refractivity contribution in [2.24, 2.45) is 10.7 Å². The van der Waals surface area contributed by atoms with E-state index in [9.17, 15) is 18.4 Å². The average molecular weight is 412 g/mol. The molecule has 0 bridgehead atoms. The van der Waals surface area contributed by atoms with Crippen LogP contribution in [0.1, 0.15) is 36.8 Å². The van der Waals surface area contributed by atoms with E-state index >= 15 is 0 Å². The molecule has 1 fully saturated rings. The SMILES string of the molecule is CN1C(=O)[C@@H](c2ccc(N3CCCC3=O)cc2)[C@@](C)(c2ccc(F)cc2F)N=C1N. The van der Waals surface area contributed by atoms with Crippen molar-refractivity contribution in [3.05, 3.63) is 65.2 Å². The summed E-state index contributed by atoms with van der Waals surface area (Å²) in [6.45, 7) is 2.27. The first-order valence-corrected chi connectivity index (χ1v) is 9.71. The number of rotatable bonds is 3. The Morgan fingerprint density at radius 3 is 2.43 bits per heavy atom. The molecule has 2 amide bonds. The van der Waals surface area contributed by atoms with Gasteiger partial charge in [0.2, 0.25) is 11.8 Å². The maximum Gasteiger partial charge on any atom is 0.239 e. The van der Waals surface area contributed by atoms with Crippen LogP contribution in [0.4, 0.5) is 14.5 Å². The lowest BCUT2D eigenvalue weighted by Gasteiger charge is -2.41. The minimum Gasteiger partial charge on any atom is -0.369 e. The van der Waals surface area contributed by atoms with Gasteiger partial charge in [0, 0.05) is 37.3 Å². The summed E-state index contributed by atoms with van der Waals surface area (Å²) in [6, 6.07) is 10.2. The molecule has 2 heterocycles. The fourth-order valence-corrected chi connectivity index (χ4v) is 4.28. The summed E-state index contributed by atoms with van der Waals surface area (Å²) in [5, 5.41) is 0. The Morgan fingerprint density at radius 1 is 1.13 bits per heavy atom. The van der Waals surface area contributed by atoms with Crippen LogP contribution in [0.3, 0.4) is 0 Å². The number of likely N-dealkylation sites (N-methyl/N-ethyl adjacent to an activating group) is 1. The Bertz CT molecular complexity index is 1050. The van der Waals surface area contributed by atoms with Gasteiger partial charge in [-0.2, -0.15) is 0 Å². The summed E-state index contributed by atoms with van der Waals surface area (Å²) < 4.78 is 28.2. The van der Waals surface area contributed by atoms with Crippen molar-refractivity contribution < 1.29 is 18.4 Å². The van der Waals surface area contributed by atoms with Crippen LogP contribution in [0.25, 0.3) is 0 Å². The quantitative estimate of drug-likeness (QED) is 0.842. The molecule has 0 unspecified atom stereocenters. The van der Waals surface area contributed by atoms with Gasteiger partial charge in [-0.05, 0) is 37.1 Å². The Hall–Kier alpha value is -3.29. The lowest BCUT2D eigenvalue weighted by atomic mass is 9.74. The van der Waals surface area contributed by atoms with Crippen molar-refractivity contribution >= 4 is 23.5 Å². The van der Waals surface area contributed by atoms with Crippen molar-refractivity contribution in [3.63, 3.8) is 0 Å². The fourth-order valence-electron chi connectivity index (χ4n) is 4.28. The van der Waals surface area contributed by atoms with Crippen LogP contribution in [0.15, 0.2) is 47.5 Å². The summed E-state index contributed by atoms with van der Waals surface area (Å²) in [5.74, 6) is -2.71. The minimum absolute atomic E-state index is 0.0400. The van der Waals surface area contributed by atoms with Gasteiger partial charge in [0.05, 0.1) is 5.92 Å². The normalized spacial score (nSPS) is 24.4. The van der Waals surface area contributed by atoms with Gasteiger partial charge in [0.25, 0.3) is 0 Å². The van der Waals surface area contributed by atoms with Gasteiger partial charge in [-0.3, -0.25) is 14.5 Å². The Morgan fingerprint density at radius 2 is 1.83 bits per heavy atom. The van der Waals surface area contributed by atoms with Gasteiger partial charge < -0.3 is 10.6 Å². The number of amides is 2. The molecular formula is C22H22F2N4O2. The van der Waals surface area contributed by atoms with E-state index in [-0.39, 0.29) is 23.3 Å². The second kappa shape index (κ2) is 7.19. The summed E-state index contributed by atoms with van der Waals surface area (Å²) in [6.07, 6.45) is 1.33. The molecule has 0 aliphatic carbocycles. The van der Waals surface area contributed by atoms with Crippen LogP contribution in [0.5, 0.6) is 0 Å². The van der Waals surface area contributed by atoms with E-state index in [1.165, 1.54) is 18.0 Å². The maximum absolute atomic E-state index is 14.7. The van der Waals surface area contributed by atoms with E-state index < -0.39 is 23.1 Å². The summed E-state index contributed by atoms with van der Waals surface area (Å²) >= 11 is 0. The number of benzene rings is 2. The molecule has 2 aliphatic heterocycles. The van der Waals surface area contributed by atoms with Crippen LogP contribution in [0.2, 0.25) is 0 Å². The zero-order valence-corrected chi connectivity index (χ0v) is 16.7. The molecule has 8 heteroatoms. The molecule has 6 nitrogen and oxygen atoms in total. The number of anilines is 1. The second-order valence-corrected chi connectivity index (χ2v) is 7.81. The number of carbonyl (C=O) groups is 2. The van der Waals surface area contributed by atoms with Crippen LogP contribution >= 0.6 is 0 Å². The number of carbonyl (C=O) groups excluding carboxylic acids is 2. The maximum atomic E-state index is 14.7. The van der Waals surface area contributed by atoms with E-state index in [1.54, 1.807) is 36.1 Å². The first-order chi connectivity index (χ1) is 14.2. The van der Waals surface area contributed by atoms with Gasteiger partial charge in [-0.15, -0.1) is 0 Å². The molecule has 2 N–H and O–H groups in total. The van der Waals surface area contributed by atoms with Crippen molar-refractivity contribution in [1.82, 2.24) is 4.90 Å². The number of hydrogen-bond acceptors (Lipinski definition) is 4.